The molecule has 2 rings (SSSR count). The maximum Gasteiger partial charge on any atom is 0.256 e. The summed E-state index contributed by atoms with van der Waals surface area (Å²) in [6.07, 6.45) is 0.888. The maximum absolute atomic E-state index is 13.8. The van der Waals surface area contributed by atoms with Crippen LogP contribution in [-0.2, 0) is 0 Å². The summed E-state index contributed by atoms with van der Waals surface area (Å²) in [7, 11) is 1.70. The van der Waals surface area contributed by atoms with E-state index >= 15 is 0 Å². The summed E-state index contributed by atoms with van der Waals surface area (Å²) in [5.41, 5.74) is 0.0423. The molecule has 1 aliphatic heterocycles. The summed E-state index contributed by atoms with van der Waals surface area (Å²) in [6.45, 7) is 1.63. The average molecular weight is 372 g/mol. The van der Waals surface area contributed by atoms with Gasteiger partial charge in [-0.15, -0.1) is 12.4 Å². The highest BCUT2D eigenvalue weighted by Gasteiger charge is 2.26. The van der Waals surface area contributed by atoms with Crippen LogP contribution in [-0.4, -0.2) is 37.0 Å². The Labute approximate surface area is 131 Å². The third-order valence-corrected chi connectivity index (χ3v) is 4.34. The van der Waals surface area contributed by atoms with Crippen molar-refractivity contribution in [2.24, 2.45) is 0 Å². The monoisotopic (exact) mass is 370 g/mol. The van der Waals surface area contributed by atoms with Crippen molar-refractivity contribution >= 4 is 45.8 Å². The third-order valence-electron chi connectivity index (χ3n) is 3.14. The van der Waals surface area contributed by atoms with Crippen molar-refractivity contribution < 1.29 is 9.18 Å². The second-order valence-corrected chi connectivity index (χ2v) is 5.57. The normalized spacial score (nSPS) is 18.0. The predicted octanol–water partition coefficient (Wildman–Crippen LogP) is 3.10. The first-order valence-corrected chi connectivity index (χ1v) is 6.80. The molecule has 1 amide bonds. The summed E-state index contributed by atoms with van der Waals surface area (Å²) < 4.78 is 14.3. The molecule has 1 heterocycles. The van der Waals surface area contributed by atoms with Gasteiger partial charge < -0.3 is 10.2 Å². The fourth-order valence-corrected chi connectivity index (χ4v) is 2.51. The topological polar surface area (TPSA) is 32.3 Å². The van der Waals surface area contributed by atoms with E-state index in [0.717, 1.165) is 25.6 Å². The molecule has 1 aliphatic rings. The van der Waals surface area contributed by atoms with Crippen molar-refractivity contribution in [3.8, 4) is 0 Å². The first-order valence-electron chi connectivity index (χ1n) is 5.63. The number of halogens is 4. The highest BCUT2D eigenvalue weighted by molar-refractivity contribution is 9.10. The molecule has 0 aromatic heterocycles. The van der Waals surface area contributed by atoms with Crippen LogP contribution in [0.25, 0.3) is 0 Å². The minimum absolute atomic E-state index is 0. The van der Waals surface area contributed by atoms with Gasteiger partial charge in [-0.05, 0) is 41.0 Å². The van der Waals surface area contributed by atoms with Crippen LogP contribution in [0.4, 0.5) is 4.39 Å². The Morgan fingerprint density at radius 1 is 1.58 bits per heavy atom. The first kappa shape index (κ1) is 16.7. The zero-order valence-corrected chi connectivity index (χ0v) is 13.4. The number of rotatable bonds is 2. The second kappa shape index (κ2) is 6.88. The van der Waals surface area contributed by atoms with Gasteiger partial charge in [-0.1, -0.05) is 11.6 Å². The molecule has 1 aromatic rings. The van der Waals surface area contributed by atoms with Gasteiger partial charge in [0.25, 0.3) is 5.91 Å². The lowest BCUT2D eigenvalue weighted by Crippen LogP contribution is -2.38. The lowest BCUT2D eigenvalue weighted by atomic mass is 10.1. The zero-order valence-electron chi connectivity index (χ0n) is 10.3. The van der Waals surface area contributed by atoms with Crippen molar-refractivity contribution in [2.45, 2.75) is 12.5 Å². The highest BCUT2D eigenvalue weighted by Crippen LogP contribution is 2.26. The molecule has 3 nitrogen and oxygen atoms in total. The molecular formula is C12H14BrCl2FN2O. The molecule has 106 valence electrons. The number of nitrogens with one attached hydrogen (secondary N) is 1. The molecule has 0 saturated carbocycles. The van der Waals surface area contributed by atoms with Crippen molar-refractivity contribution in [1.29, 1.82) is 0 Å². The fourth-order valence-electron chi connectivity index (χ4n) is 2.01. The Morgan fingerprint density at radius 3 is 2.84 bits per heavy atom. The van der Waals surface area contributed by atoms with E-state index < -0.39 is 5.82 Å². The Bertz CT molecular complexity index is 481. The number of carbonyl (C=O) groups excluding carboxylic acids is 1. The van der Waals surface area contributed by atoms with E-state index in [1.54, 1.807) is 11.9 Å². The van der Waals surface area contributed by atoms with Crippen LogP contribution in [0.5, 0.6) is 0 Å². The van der Waals surface area contributed by atoms with Gasteiger partial charge in [-0.2, -0.15) is 0 Å². The standard InChI is InChI=1S/C12H13BrClFN2O.ClH/c1-17(7-2-3-16-6-7)12(18)8-4-9(13)10(14)5-11(8)15;/h4-5,7,16H,2-3,6H2,1H3;1H/t7-;/m1./s1. The first-order chi connectivity index (χ1) is 8.50. The fraction of sp³-hybridized carbons (Fsp3) is 0.417. The second-order valence-electron chi connectivity index (χ2n) is 4.31. The largest absolute Gasteiger partial charge is 0.337 e. The summed E-state index contributed by atoms with van der Waals surface area (Å²) in [4.78, 5) is 13.8. The van der Waals surface area contributed by atoms with Crippen molar-refractivity contribution in [2.75, 3.05) is 20.1 Å². The number of likely N-dealkylation sites (N-methyl/N-ethyl adjacent to an activating group) is 1. The molecule has 19 heavy (non-hydrogen) atoms. The number of carbonyl (C=O) groups is 1. The van der Waals surface area contributed by atoms with Crippen molar-refractivity contribution in [3.63, 3.8) is 0 Å². The van der Waals surface area contributed by atoms with Crippen LogP contribution in [0.2, 0.25) is 5.02 Å². The van der Waals surface area contributed by atoms with E-state index in [4.69, 9.17) is 11.6 Å². The van der Waals surface area contributed by atoms with E-state index in [1.807, 2.05) is 0 Å². The predicted molar refractivity (Wildman–Crippen MR) is 79.7 cm³/mol. The Morgan fingerprint density at radius 2 is 2.26 bits per heavy atom. The minimum atomic E-state index is -0.592. The lowest BCUT2D eigenvalue weighted by molar-refractivity contribution is 0.0739. The Balaban J connectivity index is 0.00000180. The molecule has 0 aliphatic carbocycles. The van der Waals surface area contributed by atoms with E-state index in [2.05, 4.69) is 21.2 Å². The van der Waals surface area contributed by atoms with Crippen molar-refractivity contribution in [1.82, 2.24) is 10.2 Å². The lowest BCUT2D eigenvalue weighted by Gasteiger charge is -2.24. The van der Waals surface area contributed by atoms with Crippen LogP contribution < -0.4 is 5.32 Å². The van der Waals surface area contributed by atoms with E-state index in [1.165, 1.54) is 6.07 Å². The summed E-state index contributed by atoms with van der Waals surface area (Å²) in [6, 6.07) is 2.70. The van der Waals surface area contributed by atoms with Gasteiger partial charge in [0.2, 0.25) is 0 Å². The molecule has 0 bridgehead atoms. The van der Waals surface area contributed by atoms with Crippen LogP contribution in [0.3, 0.4) is 0 Å². The molecule has 7 heteroatoms. The number of hydrogen-bond acceptors (Lipinski definition) is 2. The SMILES string of the molecule is CN(C(=O)c1cc(Br)c(Cl)cc1F)[C@@H]1CCNC1.Cl. The molecular weight excluding hydrogens is 358 g/mol. The van der Waals surface area contributed by atoms with Crippen LogP contribution >= 0.6 is 39.9 Å². The van der Waals surface area contributed by atoms with Crippen molar-refractivity contribution in [3.05, 3.63) is 33.0 Å². The smallest absolute Gasteiger partial charge is 0.256 e. The van der Waals surface area contributed by atoms with Gasteiger partial charge in [0.05, 0.1) is 10.6 Å². The number of benzene rings is 1. The number of amides is 1. The van der Waals surface area contributed by atoms with Gasteiger partial charge in [-0.25, -0.2) is 4.39 Å². The molecule has 1 atom stereocenters. The molecule has 0 radical (unpaired) electrons. The summed E-state index contributed by atoms with van der Waals surface area (Å²) in [5.74, 6) is -0.912. The average Bonchev–Trinajstić information content (AvgIpc) is 2.85. The quantitative estimate of drug-likeness (QED) is 0.810. The van der Waals surface area contributed by atoms with Crippen LogP contribution in [0.15, 0.2) is 16.6 Å². The Kier molecular flexibility index (Phi) is 6.05. The molecule has 1 N–H and O–H groups in total. The Hall–Kier alpha value is -0.360. The van der Waals surface area contributed by atoms with E-state index in [9.17, 15) is 9.18 Å². The minimum Gasteiger partial charge on any atom is -0.337 e. The molecule has 1 fully saturated rings. The highest BCUT2D eigenvalue weighted by atomic mass is 79.9. The van der Waals surface area contributed by atoms with E-state index in [-0.39, 0.29) is 34.9 Å². The van der Waals surface area contributed by atoms with Gasteiger partial charge in [0.15, 0.2) is 0 Å². The number of nitrogens with zero attached hydrogens (tertiary/aromatic N) is 1. The maximum atomic E-state index is 13.8. The summed E-state index contributed by atoms with van der Waals surface area (Å²) in [5, 5.41) is 3.44. The molecule has 1 aromatic carbocycles. The van der Waals surface area contributed by atoms with Gasteiger partial charge in [0, 0.05) is 24.1 Å². The number of hydrogen-bond donors (Lipinski definition) is 1. The molecule has 0 unspecified atom stereocenters. The molecule has 0 spiro atoms. The van der Waals surface area contributed by atoms with E-state index in [0.29, 0.717) is 4.47 Å². The van der Waals surface area contributed by atoms with Gasteiger partial charge in [-0.3, -0.25) is 4.79 Å². The third kappa shape index (κ3) is 3.60. The summed E-state index contributed by atoms with van der Waals surface area (Å²) >= 11 is 8.97. The van der Waals surface area contributed by atoms with Crippen LogP contribution in [0.1, 0.15) is 16.8 Å². The van der Waals surface area contributed by atoms with Crippen LogP contribution in [0, 0.1) is 5.82 Å². The molecule has 1 saturated heterocycles. The van der Waals surface area contributed by atoms with Gasteiger partial charge in [0.1, 0.15) is 5.82 Å². The van der Waals surface area contributed by atoms with Gasteiger partial charge >= 0.3 is 0 Å². The zero-order chi connectivity index (χ0) is 13.3.